The molecule has 0 heterocycles. The molecule has 2 rings (SSSR count). The lowest BCUT2D eigenvalue weighted by Gasteiger charge is -2.06. The van der Waals surface area contributed by atoms with Crippen molar-refractivity contribution in [3.8, 4) is 0 Å². The Bertz CT molecular complexity index is 464. The number of aliphatic imine (C=N–C) groups is 1. The molecule has 0 bridgehead atoms. The van der Waals surface area contributed by atoms with Crippen molar-refractivity contribution in [1.29, 1.82) is 0 Å². The van der Waals surface area contributed by atoms with Crippen molar-refractivity contribution in [2.75, 3.05) is 6.61 Å². The molecule has 3 heteroatoms. The summed E-state index contributed by atoms with van der Waals surface area (Å²) >= 11 is 0. The zero-order chi connectivity index (χ0) is 12.3. The standard InChI is InChI=1S/C14H15NO2/c1-3-14(13(16)17-4-2)10-12(14)15-11-8-6-5-7-9-11/h3,5-9H,1,4,10H2,2H3. The van der Waals surface area contributed by atoms with E-state index in [4.69, 9.17) is 4.74 Å². The smallest absolute Gasteiger partial charge is 0.322 e. The molecule has 17 heavy (non-hydrogen) atoms. The first-order valence-electron chi connectivity index (χ1n) is 5.67. The van der Waals surface area contributed by atoms with Crippen molar-refractivity contribution in [2.24, 2.45) is 10.4 Å². The summed E-state index contributed by atoms with van der Waals surface area (Å²) in [7, 11) is 0. The number of carbonyl (C=O) groups excluding carboxylic acids is 1. The first kappa shape index (κ1) is 11.6. The molecule has 0 saturated heterocycles. The van der Waals surface area contributed by atoms with Crippen molar-refractivity contribution in [3.05, 3.63) is 43.0 Å². The Morgan fingerprint density at radius 2 is 2.24 bits per heavy atom. The summed E-state index contributed by atoms with van der Waals surface area (Å²) in [5.41, 5.74) is 1.01. The third kappa shape index (κ3) is 2.13. The van der Waals surface area contributed by atoms with Gasteiger partial charge >= 0.3 is 5.97 Å². The highest BCUT2D eigenvalue weighted by Crippen LogP contribution is 2.46. The normalized spacial score (nSPS) is 24.4. The largest absolute Gasteiger partial charge is 0.465 e. The van der Waals surface area contributed by atoms with Gasteiger partial charge in [0, 0.05) is 12.1 Å². The number of para-hydroxylation sites is 1. The van der Waals surface area contributed by atoms with Gasteiger partial charge in [-0.3, -0.25) is 9.79 Å². The van der Waals surface area contributed by atoms with Crippen LogP contribution in [0.2, 0.25) is 0 Å². The summed E-state index contributed by atoms with van der Waals surface area (Å²) < 4.78 is 5.04. The molecule has 3 nitrogen and oxygen atoms in total. The van der Waals surface area contributed by atoms with E-state index in [2.05, 4.69) is 11.6 Å². The maximum atomic E-state index is 11.8. The minimum Gasteiger partial charge on any atom is -0.465 e. The van der Waals surface area contributed by atoms with E-state index in [1.54, 1.807) is 13.0 Å². The van der Waals surface area contributed by atoms with Crippen molar-refractivity contribution in [1.82, 2.24) is 0 Å². The minimum atomic E-state index is -0.675. The molecule has 1 aliphatic carbocycles. The molecule has 0 radical (unpaired) electrons. The van der Waals surface area contributed by atoms with E-state index < -0.39 is 5.41 Å². The molecule has 0 amide bonds. The van der Waals surface area contributed by atoms with Gasteiger partial charge in [-0.05, 0) is 19.1 Å². The summed E-state index contributed by atoms with van der Waals surface area (Å²) in [4.78, 5) is 16.2. The highest BCUT2D eigenvalue weighted by atomic mass is 16.5. The second kappa shape index (κ2) is 4.53. The average molecular weight is 229 g/mol. The van der Waals surface area contributed by atoms with Crippen LogP contribution in [0.3, 0.4) is 0 Å². The number of esters is 1. The van der Waals surface area contributed by atoms with Crippen LogP contribution in [0.4, 0.5) is 5.69 Å². The van der Waals surface area contributed by atoms with Gasteiger partial charge in [-0.25, -0.2) is 0 Å². The Balaban J connectivity index is 2.19. The number of rotatable bonds is 4. The number of ether oxygens (including phenoxy) is 1. The quantitative estimate of drug-likeness (QED) is 0.588. The van der Waals surface area contributed by atoms with E-state index in [1.807, 2.05) is 30.3 Å². The van der Waals surface area contributed by atoms with Gasteiger partial charge in [0.2, 0.25) is 0 Å². The van der Waals surface area contributed by atoms with Crippen molar-refractivity contribution >= 4 is 17.4 Å². The monoisotopic (exact) mass is 229 g/mol. The predicted octanol–water partition coefficient (Wildman–Crippen LogP) is 2.90. The summed E-state index contributed by atoms with van der Waals surface area (Å²) in [6.45, 7) is 5.89. The van der Waals surface area contributed by atoms with Crippen LogP contribution in [-0.4, -0.2) is 18.3 Å². The molecule has 0 aromatic heterocycles. The number of carbonyl (C=O) groups is 1. The molecule has 1 fully saturated rings. The minimum absolute atomic E-state index is 0.246. The van der Waals surface area contributed by atoms with E-state index in [0.717, 1.165) is 11.4 Å². The van der Waals surface area contributed by atoms with Gasteiger partial charge in [-0.15, -0.1) is 6.58 Å². The van der Waals surface area contributed by atoms with Crippen LogP contribution in [0.25, 0.3) is 0 Å². The third-order valence-electron chi connectivity index (χ3n) is 2.84. The van der Waals surface area contributed by atoms with E-state index in [9.17, 15) is 4.79 Å². The van der Waals surface area contributed by atoms with E-state index >= 15 is 0 Å². The number of benzene rings is 1. The van der Waals surface area contributed by atoms with Crippen LogP contribution < -0.4 is 0 Å². The van der Waals surface area contributed by atoms with Gasteiger partial charge in [-0.1, -0.05) is 24.3 Å². The van der Waals surface area contributed by atoms with Gasteiger partial charge in [0.1, 0.15) is 5.41 Å². The van der Waals surface area contributed by atoms with Crippen molar-refractivity contribution in [3.63, 3.8) is 0 Å². The lowest BCUT2D eigenvalue weighted by atomic mass is 10.1. The Hall–Kier alpha value is -1.90. The Labute approximate surface area is 101 Å². The lowest BCUT2D eigenvalue weighted by Crippen LogP contribution is -2.18. The number of hydrogen-bond donors (Lipinski definition) is 0. The zero-order valence-corrected chi connectivity index (χ0v) is 9.85. The second-order valence-corrected chi connectivity index (χ2v) is 3.97. The molecule has 1 atom stereocenters. The Morgan fingerprint density at radius 3 is 2.82 bits per heavy atom. The zero-order valence-electron chi connectivity index (χ0n) is 9.85. The molecular formula is C14H15NO2. The maximum absolute atomic E-state index is 11.8. The van der Waals surface area contributed by atoms with Crippen molar-refractivity contribution in [2.45, 2.75) is 13.3 Å². The SMILES string of the molecule is C=CC1(C(=O)OCC)CC1=Nc1ccccc1. The molecule has 1 aromatic rings. The molecule has 1 aromatic carbocycles. The van der Waals surface area contributed by atoms with Gasteiger partial charge in [-0.2, -0.15) is 0 Å². The average Bonchev–Trinajstić information content (AvgIpc) is 3.05. The summed E-state index contributed by atoms with van der Waals surface area (Å²) in [5, 5.41) is 0. The molecule has 1 saturated carbocycles. The van der Waals surface area contributed by atoms with E-state index in [1.165, 1.54) is 0 Å². The van der Waals surface area contributed by atoms with Crippen LogP contribution in [-0.2, 0) is 9.53 Å². The first-order chi connectivity index (χ1) is 8.23. The van der Waals surface area contributed by atoms with Crippen LogP contribution in [0.5, 0.6) is 0 Å². The molecule has 0 spiro atoms. The fourth-order valence-electron chi connectivity index (χ4n) is 1.74. The summed E-state index contributed by atoms with van der Waals surface area (Å²) in [5.74, 6) is -0.246. The van der Waals surface area contributed by atoms with Crippen LogP contribution in [0.15, 0.2) is 48.0 Å². The Kier molecular flexibility index (Phi) is 3.09. The van der Waals surface area contributed by atoms with Crippen LogP contribution in [0.1, 0.15) is 13.3 Å². The van der Waals surface area contributed by atoms with Crippen LogP contribution >= 0.6 is 0 Å². The molecule has 88 valence electrons. The third-order valence-corrected chi connectivity index (χ3v) is 2.84. The number of hydrogen-bond acceptors (Lipinski definition) is 3. The topological polar surface area (TPSA) is 38.7 Å². The van der Waals surface area contributed by atoms with Gasteiger partial charge in [0.05, 0.1) is 12.3 Å². The van der Waals surface area contributed by atoms with Gasteiger partial charge < -0.3 is 4.74 Å². The summed E-state index contributed by atoms with van der Waals surface area (Å²) in [6, 6.07) is 9.58. The fraction of sp³-hybridized carbons (Fsp3) is 0.286. The highest BCUT2D eigenvalue weighted by Gasteiger charge is 2.56. The molecule has 1 aliphatic rings. The molecular weight excluding hydrogens is 214 g/mol. The first-order valence-corrected chi connectivity index (χ1v) is 5.67. The lowest BCUT2D eigenvalue weighted by molar-refractivity contribution is -0.146. The van der Waals surface area contributed by atoms with Crippen LogP contribution in [0, 0.1) is 5.41 Å². The fourth-order valence-corrected chi connectivity index (χ4v) is 1.74. The molecule has 0 N–H and O–H groups in total. The van der Waals surface area contributed by atoms with Crippen molar-refractivity contribution < 1.29 is 9.53 Å². The highest BCUT2D eigenvalue weighted by molar-refractivity contribution is 6.22. The Morgan fingerprint density at radius 1 is 1.53 bits per heavy atom. The van der Waals surface area contributed by atoms with Gasteiger partial charge in [0.15, 0.2) is 0 Å². The second-order valence-electron chi connectivity index (χ2n) is 3.97. The molecule has 0 aliphatic heterocycles. The maximum Gasteiger partial charge on any atom is 0.322 e. The van der Waals surface area contributed by atoms with Gasteiger partial charge in [0.25, 0.3) is 0 Å². The van der Waals surface area contributed by atoms with E-state index in [-0.39, 0.29) is 5.97 Å². The predicted molar refractivity (Wildman–Crippen MR) is 67.4 cm³/mol. The van der Waals surface area contributed by atoms with E-state index in [0.29, 0.717) is 13.0 Å². The molecule has 1 unspecified atom stereocenters. The summed E-state index contributed by atoms with van der Waals surface area (Å²) in [6.07, 6.45) is 2.25. The number of nitrogens with zero attached hydrogens (tertiary/aromatic N) is 1.